The fourth-order valence-electron chi connectivity index (χ4n) is 1.30. The molecule has 0 aliphatic carbocycles. The lowest BCUT2D eigenvalue weighted by Gasteiger charge is -2.14. The monoisotopic (exact) mass is 194 g/mol. The van der Waals surface area contributed by atoms with Crippen LogP contribution < -0.4 is 4.74 Å². The highest BCUT2D eigenvalue weighted by atomic mass is 16.5. The smallest absolute Gasteiger partial charge is 0.122 e. The predicted molar refractivity (Wildman–Crippen MR) is 57.7 cm³/mol. The van der Waals surface area contributed by atoms with E-state index in [1.54, 1.807) is 6.92 Å². The maximum Gasteiger partial charge on any atom is 0.122 e. The quantitative estimate of drug-likeness (QED) is 0.798. The van der Waals surface area contributed by atoms with Crippen LogP contribution in [0, 0.1) is 0 Å². The van der Waals surface area contributed by atoms with Crippen molar-refractivity contribution in [2.45, 2.75) is 32.8 Å². The van der Waals surface area contributed by atoms with Gasteiger partial charge in [0.05, 0.1) is 6.10 Å². The van der Waals surface area contributed by atoms with Gasteiger partial charge in [-0.3, -0.25) is 0 Å². The van der Waals surface area contributed by atoms with Gasteiger partial charge in [0.2, 0.25) is 0 Å². The first kappa shape index (κ1) is 11.1. The number of aliphatic hydroxyl groups is 1. The molecule has 0 spiro atoms. The maximum atomic E-state index is 9.12. The van der Waals surface area contributed by atoms with Crippen molar-refractivity contribution in [2.75, 3.05) is 6.61 Å². The van der Waals surface area contributed by atoms with Gasteiger partial charge in [0.25, 0.3) is 0 Å². The van der Waals surface area contributed by atoms with Crippen LogP contribution in [-0.2, 0) is 0 Å². The minimum Gasteiger partial charge on any atom is -0.491 e. The molecule has 14 heavy (non-hydrogen) atoms. The van der Waals surface area contributed by atoms with Gasteiger partial charge in [-0.2, -0.15) is 0 Å². The fraction of sp³-hybridized carbons (Fsp3) is 0.500. The van der Waals surface area contributed by atoms with Gasteiger partial charge in [0, 0.05) is 0 Å². The molecule has 2 heteroatoms. The van der Waals surface area contributed by atoms with Crippen LogP contribution in [0.4, 0.5) is 0 Å². The number of hydrogen-bond acceptors (Lipinski definition) is 2. The van der Waals surface area contributed by atoms with E-state index in [1.165, 1.54) is 5.56 Å². The highest BCUT2D eigenvalue weighted by Gasteiger charge is 2.07. The lowest BCUT2D eigenvalue weighted by Crippen LogP contribution is -2.13. The minimum atomic E-state index is -0.421. The summed E-state index contributed by atoms with van der Waals surface area (Å²) in [7, 11) is 0. The molecule has 1 atom stereocenters. The summed E-state index contributed by atoms with van der Waals surface area (Å²) >= 11 is 0. The van der Waals surface area contributed by atoms with Gasteiger partial charge >= 0.3 is 0 Å². The molecule has 0 fully saturated rings. The molecule has 0 bridgehead atoms. The van der Waals surface area contributed by atoms with Crippen LogP contribution >= 0.6 is 0 Å². The molecule has 0 aliphatic rings. The maximum absolute atomic E-state index is 9.12. The predicted octanol–water partition coefficient (Wildman–Crippen LogP) is 2.57. The van der Waals surface area contributed by atoms with Crippen LogP contribution in [-0.4, -0.2) is 17.8 Å². The summed E-state index contributed by atoms with van der Waals surface area (Å²) in [5, 5.41) is 9.12. The second kappa shape index (κ2) is 5.01. The second-order valence-electron chi connectivity index (χ2n) is 3.85. The molecule has 0 heterocycles. The minimum absolute atomic E-state index is 0.351. The molecule has 0 radical (unpaired) electrons. The summed E-state index contributed by atoms with van der Waals surface area (Å²) in [6, 6.07) is 7.95. The number of hydrogen-bond donors (Lipinski definition) is 1. The molecule has 1 aromatic rings. The third-order valence-electron chi connectivity index (χ3n) is 2.02. The zero-order valence-electron chi connectivity index (χ0n) is 9.03. The van der Waals surface area contributed by atoms with E-state index in [2.05, 4.69) is 19.9 Å². The van der Waals surface area contributed by atoms with Gasteiger partial charge in [-0.1, -0.05) is 32.0 Å². The van der Waals surface area contributed by atoms with Crippen molar-refractivity contribution in [1.82, 2.24) is 0 Å². The van der Waals surface area contributed by atoms with Gasteiger partial charge in [-0.15, -0.1) is 0 Å². The topological polar surface area (TPSA) is 29.5 Å². The number of benzene rings is 1. The van der Waals surface area contributed by atoms with Gasteiger partial charge in [0.1, 0.15) is 12.4 Å². The summed E-state index contributed by atoms with van der Waals surface area (Å²) in [6.45, 7) is 6.33. The standard InChI is InChI=1S/C12H18O2/c1-9(2)11-6-4-5-7-12(11)14-8-10(3)13/h4-7,9-10,13H,8H2,1-3H3/t10-/m0/s1. The van der Waals surface area contributed by atoms with Gasteiger partial charge in [0.15, 0.2) is 0 Å². The third-order valence-corrected chi connectivity index (χ3v) is 2.02. The molecular formula is C12H18O2. The van der Waals surface area contributed by atoms with Crippen LogP contribution in [0.15, 0.2) is 24.3 Å². The third kappa shape index (κ3) is 3.04. The first-order valence-electron chi connectivity index (χ1n) is 5.01. The molecule has 0 saturated carbocycles. The van der Waals surface area contributed by atoms with Crippen molar-refractivity contribution in [1.29, 1.82) is 0 Å². The Bertz CT molecular complexity index is 279. The van der Waals surface area contributed by atoms with E-state index in [0.717, 1.165) is 5.75 Å². The Morgan fingerprint density at radius 2 is 1.86 bits per heavy atom. The Kier molecular flexibility index (Phi) is 3.96. The van der Waals surface area contributed by atoms with Crippen molar-refractivity contribution >= 4 is 0 Å². The highest BCUT2D eigenvalue weighted by molar-refractivity contribution is 5.35. The summed E-state index contributed by atoms with van der Waals surface area (Å²) < 4.78 is 5.51. The van der Waals surface area contributed by atoms with Crippen molar-refractivity contribution < 1.29 is 9.84 Å². The molecular weight excluding hydrogens is 176 g/mol. The van der Waals surface area contributed by atoms with E-state index in [9.17, 15) is 0 Å². The van der Waals surface area contributed by atoms with Gasteiger partial charge in [-0.05, 0) is 24.5 Å². The number of para-hydroxylation sites is 1. The molecule has 1 rings (SSSR count). The lowest BCUT2D eigenvalue weighted by atomic mass is 10.0. The fourth-order valence-corrected chi connectivity index (χ4v) is 1.30. The van der Waals surface area contributed by atoms with Gasteiger partial charge < -0.3 is 9.84 Å². The average Bonchev–Trinajstić information content (AvgIpc) is 2.15. The van der Waals surface area contributed by atoms with E-state index in [1.807, 2.05) is 18.2 Å². The van der Waals surface area contributed by atoms with E-state index in [0.29, 0.717) is 12.5 Å². The highest BCUT2D eigenvalue weighted by Crippen LogP contribution is 2.25. The van der Waals surface area contributed by atoms with E-state index >= 15 is 0 Å². The van der Waals surface area contributed by atoms with Crippen LogP contribution in [0.2, 0.25) is 0 Å². The number of ether oxygens (including phenoxy) is 1. The summed E-state index contributed by atoms with van der Waals surface area (Å²) in [4.78, 5) is 0. The first-order valence-corrected chi connectivity index (χ1v) is 5.01. The van der Waals surface area contributed by atoms with Crippen LogP contribution in [0.1, 0.15) is 32.3 Å². The zero-order chi connectivity index (χ0) is 10.6. The Morgan fingerprint density at radius 3 is 2.43 bits per heavy atom. The van der Waals surface area contributed by atoms with E-state index in [4.69, 9.17) is 9.84 Å². The molecule has 2 nitrogen and oxygen atoms in total. The number of aliphatic hydroxyl groups excluding tert-OH is 1. The molecule has 0 unspecified atom stereocenters. The average molecular weight is 194 g/mol. The van der Waals surface area contributed by atoms with Crippen LogP contribution in [0.3, 0.4) is 0 Å². The first-order chi connectivity index (χ1) is 6.61. The second-order valence-corrected chi connectivity index (χ2v) is 3.85. The van der Waals surface area contributed by atoms with Gasteiger partial charge in [-0.25, -0.2) is 0 Å². The molecule has 0 saturated heterocycles. The Labute approximate surface area is 85.5 Å². The van der Waals surface area contributed by atoms with E-state index < -0.39 is 6.10 Å². The van der Waals surface area contributed by atoms with Crippen molar-refractivity contribution in [3.8, 4) is 5.75 Å². The number of rotatable bonds is 4. The Morgan fingerprint density at radius 1 is 1.21 bits per heavy atom. The summed E-state index contributed by atoms with van der Waals surface area (Å²) in [6.07, 6.45) is -0.421. The SMILES string of the molecule is CC(C)c1ccccc1OC[C@H](C)O. The molecule has 0 aromatic heterocycles. The largest absolute Gasteiger partial charge is 0.491 e. The summed E-state index contributed by atoms with van der Waals surface area (Å²) in [5.74, 6) is 1.32. The molecule has 1 N–H and O–H groups in total. The van der Waals surface area contributed by atoms with E-state index in [-0.39, 0.29) is 0 Å². The molecule has 78 valence electrons. The molecule has 1 aromatic carbocycles. The van der Waals surface area contributed by atoms with Crippen LogP contribution in [0.5, 0.6) is 5.75 Å². The Balaban J connectivity index is 2.74. The lowest BCUT2D eigenvalue weighted by molar-refractivity contribution is 0.122. The summed E-state index contributed by atoms with van der Waals surface area (Å²) in [5.41, 5.74) is 1.19. The Hall–Kier alpha value is -1.02. The zero-order valence-corrected chi connectivity index (χ0v) is 9.03. The normalized spacial score (nSPS) is 12.9. The van der Waals surface area contributed by atoms with Crippen LogP contribution in [0.25, 0.3) is 0 Å². The molecule has 0 amide bonds. The van der Waals surface area contributed by atoms with Crippen molar-refractivity contribution in [2.24, 2.45) is 0 Å². The molecule has 0 aliphatic heterocycles. The van der Waals surface area contributed by atoms with Crippen molar-refractivity contribution in [3.05, 3.63) is 29.8 Å². The van der Waals surface area contributed by atoms with Crippen molar-refractivity contribution in [3.63, 3.8) is 0 Å².